The highest BCUT2D eigenvalue weighted by Crippen LogP contribution is 2.29. The molecule has 4 nitrogen and oxygen atoms in total. The predicted octanol–water partition coefficient (Wildman–Crippen LogP) is 2.03. The largest absolute Gasteiger partial charge is 0.227 e. The van der Waals surface area contributed by atoms with Crippen LogP contribution in [0.5, 0.6) is 0 Å². The molecule has 0 heterocycles. The van der Waals surface area contributed by atoms with Gasteiger partial charge in [-0.15, -0.1) is 0 Å². The van der Waals surface area contributed by atoms with Crippen molar-refractivity contribution in [3.05, 3.63) is 0 Å². The molecule has 5 heteroatoms. The Morgan fingerprint density at radius 3 is 2.59 bits per heavy atom. The van der Waals surface area contributed by atoms with E-state index in [1.165, 1.54) is 19.3 Å². The van der Waals surface area contributed by atoms with E-state index in [1.54, 1.807) is 6.92 Å². The van der Waals surface area contributed by atoms with E-state index >= 15 is 0 Å². The number of hydrogen-bond donors (Lipinski definition) is 1. The van der Waals surface area contributed by atoms with E-state index in [1.807, 2.05) is 6.07 Å². The summed E-state index contributed by atoms with van der Waals surface area (Å²) in [7, 11) is -3.46. The molecule has 0 bridgehead atoms. The summed E-state index contributed by atoms with van der Waals surface area (Å²) in [4.78, 5) is 0. The van der Waals surface area contributed by atoms with Gasteiger partial charge in [0.2, 0.25) is 10.0 Å². The Morgan fingerprint density at radius 1 is 1.41 bits per heavy atom. The molecule has 1 N–H and O–H groups in total. The van der Waals surface area contributed by atoms with E-state index in [4.69, 9.17) is 5.26 Å². The first-order valence-corrected chi connectivity index (χ1v) is 7.94. The predicted molar refractivity (Wildman–Crippen MR) is 67.7 cm³/mol. The zero-order valence-electron chi connectivity index (χ0n) is 10.6. The molecular formula is C12H22N2O2S. The average Bonchev–Trinajstić information content (AvgIpc) is 2.29. The topological polar surface area (TPSA) is 70.0 Å². The minimum atomic E-state index is -3.46. The van der Waals surface area contributed by atoms with Crippen LogP contribution in [0.3, 0.4) is 0 Å². The summed E-state index contributed by atoms with van der Waals surface area (Å²) in [6.45, 7) is 4.39. The lowest BCUT2D eigenvalue weighted by Gasteiger charge is -2.28. The Morgan fingerprint density at radius 2 is 2.06 bits per heavy atom. The van der Waals surface area contributed by atoms with Crippen LogP contribution in [0.1, 0.15) is 46.0 Å². The minimum absolute atomic E-state index is 0.339. The maximum absolute atomic E-state index is 11.8. The fourth-order valence-corrected chi connectivity index (χ4v) is 3.63. The van der Waals surface area contributed by atoms with Gasteiger partial charge in [-0.05, 0) is 24.7 Å². The van der Waals surface area contributed by atoms with Crippen LogP contribution in [0, 0.1) is 23.2 Å². The van der Waals surface area contributed by atoms with Gasteiger partial charge < -0.3 is 0 Å². The van der Waals surface area contributed by atoms with Crippen LogP contribution in [0.2, 0.25) is 0 Å². The molecule has 1 fully saturated rings. The van der Waals surface area contributed by atoms with Gasteiger partial charge in [0.05, 0.1) is 6.07 Å². The molecule has 1 aliphatic carbocycles. The van der Waals surface area contributed by atoms with Crippen molar-refractivity contribution in [3.8, 4) is 6.07 Å². The molecule has 0 radical (unpaired) electrons. The van der Waals surface area contributed by atoms with E-state index in [0.717, 1.165) is 6.42 Å². The maximum Gasteiger partial charge on any atom is 0.227 e. The van der Waals surface area contributed by atoms with Gasteiger partial charge in [0.1, 0.15) is 0 Å². The molecule has 0 saturated heterocycles. The number of nitriles is 1. The Bertz CT molecular complexity index is 372. The van der Waals surface area contributed by atoms with Crippen LogP contribution in [-0.2, 0) is 10.0 Å². The summed E-state index contributed by atoms with van der Waals surface area (Å²) in [5.41, 5.74) is 0. The molecule has 0 aromatic rings. The SMILES string of the molecule is CCC(C#N)S(=O)(=O)NCC1CCCCC1C. The first-order chi connectivity index (χ1) is 8.01. The van der Waals surface area contributed by atoms with Crippen LogP contribution in [-0.4, -0.2) is 20.2 Å². The van der Waals surface area contributed by atoms with Crippen molar-refractivity contribution >= 4 is 10.0 Å². The first kappa shape index (κ1) is 14.5. The minimum Gasteiger partial charge on any atom is -0.214 e. The number of nitrogens with zero attached hydrogens (tertiary/aromatic N) is 1. The first-order valence-electron chi connectivity index (χ1n) is 6.39. The number of nitrogens with one attached hydrogen (secondary N) is 1. The second kappa shape index (κ2) is 6.36. The Kier molecular flexibility index (Phi) is 5.41. The van der Waals surface area contributed by atoms with Crippen LogP contribution in [0.15, 0.2) is 0 Å². The summed E-state index contributed by atoms with van der Waals surface area (Å²) in [5.74, 6) is 1.00. The van der Waals surface area contributed by atoms with Gasteiger partial charge >= 0.3 is 0 Å². The van der Waals surface area contributed by atoms with Crippen molar-refractivity contribution in [2.75, 3.05) is 6.54 Å². The quantitative estimate of drug-likeness (QED) is 0.820. The number of hydrogen-bond acceptors (Lipinski definition) is 3. The molecule has 1 aliphatic rings. The zero-order valence-corrected chi connectivity index (χ0v) is 11.5. The van der Waals surface area contributed by atoms with E-state index in [-0.39, 0.29) is 0 Å². The lowest BCUT2D eigenvalue weighted by Crippen LogP contribution is -2.38. The van der Waals surface area contributed by atoms with Crippen molar-refractivity contribution in [2.45, 2.75) is 51.2 Å². The highest BCUT2D eigenvalue weighted by atomic mass is 32.2. The highest BCUT2D eigenvalue weighted by Gasteiger charge is 2.27. The Balaban J connectivity index is 2.52. The van der Waals surface area contributed by atoms with Crippen LogP contribution in [0.4, 0.5) is 0 Å². The third-order valence-corrected chi connectivity index (χ3v) is 5.48. The summed E-state index contributed by atoms with van der Waals surface area (Å²) >= 11 is 0. The second-order valence-electron chi connectivity index (χ2n) is 4.94. The van der Waals surface area contributed by atoms with Crippen molar-refractivity contribution in [1.82, 2.24) is 4.72 Å². The third kappa shape index (κ3) is 3.97. The van der Waals surface area contributed by atoms with Crippen LogP contribution >= 0.6 is 0 Å². The molecular weight excluding hydrogens is 236 g/mol. The lowest BCUT2D eigenvalue weighted by molar-refractivity contribution is 0.257. The number of rotatable bonds is 5. The maximum atomic E-state index is 11.8. The molecule has 0 aromatic heterocycles. The summed E-state index contributed by atoms with van der Waals surface area (Å²) < 4.78 is 26.2. The van der Waals surface area contributed by atoms with Gasteiger partial charge in [0, 0.05) is 6.54 Å². The Labute approximate surface area is 104 Å². The van der Waals surface area contributed by atoms with Gasteiger partial charge in [-0.1, -0.05) is 33.1 Å². The molecule has 0 aromatic carbocycles. The lowest BCUT2D eigenvalue weighted by atomic mass is 9.81. The molecule has 17 heavy (non-hydrogen) atoms. The number of sulfonamides is 1. The summed E-state index contributed by atoms with van der Waals surface area (Å²) in [6, 6.07) is 1.84. The van der Waals surface area contributed by atoms with E-state index < -0.39 is 15.3 Å². The van der Waals surface area contributed by atoms with Crippen LogP contribution < -0.4 is 4.72 Å². The van der Waals surface area contributed by atoms with Crippen LogP contribution in [0.25, 0.3) is 0 Å². The van der Waals surface area contributed by atoms with Gasteiger partial charge in [0.15, 0.2) is 5.25 Å². The fourth-order valence-electron chi connectivity index (χ4n) is 2.40. The van der Waals surface area contributed by atoms with E-state index in [2.05, 4.69) is 11.6 Å². The molecule has 0 aliphatic heterocycles. The molecule has 0 amide bonds. The van der Waals surface area contributed by atoms with Gasteiger partial charge in [-0.25, -0.2) is 13.1 Å². The molecule has 98 valence electrons. The van der Waals surface area contributed by atoms with Gasteiger partial charge in [0.25, 0.3) is 0 Å². The zero-order chi connectivity index (χ0) is 12.9. The molecule has 3 atom stereocenters. The van der Waals surface area contributed by atoms with Gasteiger partial charge in [-0.3, -0.25) is 0 Å². The monoisotopic (exact) mass is 258 g/mol. The van der Waals surface area contributed by atoms with Crippen molar-refractivity contribution in [3.63, 3.8) is 0 Å². The van der Waals surface area contributed by atoms with E-state index in [9.17, 15) is 8.42 Å². The standard InChI is InChI=1S/C12H22N2O2S/c1-3-12(8-13)17(15,16)14-9-11-7-5-4-6-10(11)2/h10-12,14H,3-7,9H2,1-2H3. The summed E-state index contributed by atoms with van der Waals surface area (Å²) in [6.07, 6.45) is 5.05. The van der Waals surface area contributed by atoms with Crippen molar-refractivity contribution < 1.29 is 8.42 Å². The third-order valence-electron chi connectivity index (χ3n) is 3.73. The normalized spacial score (nSPS) is 27.4. The Hall–Kier alpha value is -0.600. The van der Waals surface area contributed by atoms with E-state index in [0.29, 0.717) is 24.8 Å². The van der Waals surface area contributed by atoms with Crippen molar-refractivity contribution in [1.29, 1.82) is 5.26 Å². The second-order valence-corrected chi connectivity index (χ2v) is 6.89. The smallest absolute Gasteiger partial charge is 0.214 e. The fraction of sp³-hybridized carbons (Fsp3) is 0.917. The average molecular weight is 258 g/mol. The molecule has 1 saturated carbocycles. The molecule has 3 unspecified atom stereocenters. The van der Waals surface area contributed by atoms with Crippen molar-refractivity contribution in [2.24, 2.45) is 11.8 Å². The summed E-state index contributed by atoms with van der Waals surface area (Å²) in [5, 5.41) is 7.87. The molecule has 0 spiro atoms. The highest BCUT2D eigenvalue weighted by molar-refractivity contribution is 7.90. The molecule has 1 rings (SSSR count). The van der Waals surface area contributed by atoms with Gasteiger partial charge in [-0.2, -0.15) is 5.26 Å².